The van der Waals surface area contributed by atoms with Gasteiger partial charge >= 0.3 is 5.97 Å². The Hall–Kier alpha value is -3.00. The van der Waals surface area contributed by atoms with E-state index in [-0.39, 0.29) is 30.2 Å². The first-order chi connectivity index (χ1) is 11.6. The summed E-state index contributed by atoms with van der Waals surface area (Å²) in [5.41, 5.74) is 1.60. The van der Waals surface area contributed by atoms with E-state index in [0.29, 0.717) is 5.13 Å². The second-order valence-electron chi connectivity index (χ2n) is 4.88. The van der Waals surface area contributed by atoms with E-state index in [2.05, 4.69) is 15.3 Å². The van der Waals surface area contributed by atoms with E-state index >= 15 is 0 Å². The fourth-order valence-electron chi connectivity index (χ4n) is 2.10. The van der Waals surface area contributed by atoms with Crippen LogP contribution in [0.2, 0.25) is 0 Å². The predicted molar refractivity (Wildman–Crippen MR) is 88.0 cm³/mol. The molecule has 0 aliphatic heterocycles. The van der Waals surface area contributed by atoms with Crippen molar-refractivity contribution in [1.29, 1.82) is 0 Å². The molecule has 2 aromatic heterocycles. The fraction of sp³-hybridized carbons (Fsp3) is 0.125. The Bertz CT molecular complexity index is 857. The van der Waals surface area contributed by atoms with Gasteiger partial charge < -0.3 is 14.8 Å². The van der Waals surface area contributed by atoms with Gasteiger partial charge in [-0.2, -0.15) is 0 Å². The van der Waals surface area contributed by atoms with E-state index < -0.39 is 5.97 Å². The maximum absolute atomic E-state index is 12.0. The minimum atomic E-state index is -1.17. The summed E-state index contributed by atoms with van der Waals surface area (Å²) in [7, 11) is 0. The third-order valence-electron chi connectivity index (χ3n) is 3.24. The van der Waals surface area contributed by atoms with Crippen LogP contribution < -0.4 is 5.32 Å². The van der Waals surface area contributed by atoms with Crippen molar-refractivity contribution in [2.75, 3.05) is 5.32 Å². The minimum Gasteiger partial charge on any atom is -0.476 e. The van der Waals surface area contributed by atoms with Crippen LogP contribution in [0.5, 0.6) is 0 Å². The fourth-order valence-corrected chi connectivity index (χ4v) is 2.84. The summed E-state index contributed by atoms with van der Waals surface area (Å²) in [5, 5.41) is 14.0. The van der Waals surface area contributed by atoms with Crippen molar-refractivity contribution in [2.24, 2.45) is 0 Å². The molecule has 0 radical (unpaired) electrons. The number of anilines is 1. The number of thiazole rings is 1. The number of aromatic nitrogens is 2. The molecule has 1 aromatic carbocycles. The lowest BCUT2D eigenvalue weighted by Crippen LogP contribution is -2.13. The number of rotatable bonds is 6. The van der Waals surface area contributed by atoms with Crippen molar-refractivity contribution >= 4 is 28.3 Å². The number of amides is 1. The summed E-state index contributed by atoms with van der Waals surface area (Å²) >= 11 is 1.33. The van der Waals surface area contributed by atoms with Crippen LogP contribution in [0, 0.1) is 0 Å². The Labute approximate surface area is 141 Å². The number of aryl methyl sites for hydroxylation is 1. The van der Waals surface area contributed by atoms with Gasteiger partial charge in [0.05, 0.1) is 5.69 Å². The van der Waals surface area contributed by atoms with Gasteiger partial charge in [-0.25, -0.2) is 14.8 Å². The zero-order chi connectivity index (χ0) is 16.9. The number of carbonyl (C=O) groups is 2. The number of oxazole rings is 1. The molecule has 0 aliphatic rings. The number of nitrogens with one attached hydrogen (secondary N) is 1. The van der Waals surface area contributed by atoms with Gasteiger partial charge in [0.1, 0.15) is 5.76 Å². The molecule has 3 rings (SSSR count). The molecule has 0 saturated carbocycles. The topological polar surface area (TPSA) is 105 Å². The number of hydrogen-bond acceptors (Lipinski definition) is 6. The highest BCUT2D eigenvalue weighted by molar-refractivity contribution is 7.14. The molecule has 3 aromatic rings. The Morgan fingerprint density at radius 2 is 2.04 bits per heavy atom. The maximum atomic E-state index is 12.0. The molecule has 8 heteroatoms. The standard InChI is InChI=1S/C16H13N3O4S/c20-13(7-6-12-14(15(21)22)17-9-23-12)19-16-18-11(8-24-16)10-4-2-1-3-5-10/h1-5,8-9H,6-7H2,(H,21,22)(H,18,19,20). The van der Waals surface area contributed by atoms with E-state index in [0.717, 1.165) is 17.7 Å². The molecule has 2 heterocycles. The molecule has 0 atom stereocenters. The van der Waals surface area contributed by atoms with Crippen molar-refractivity contribution in [3.63, 3.8) is 0 Å². The Kier molecular flexibility index (Phi) is 4.66. The first kappa shape index (κ1) is 15.9. The maximum Gasteiger partial charge on any atom is 0.358 e. The van der Waals surface area contributed by atoms with Crippen molar-refractivity contribution in [2.45, 2.75) is 12.8 Å². The summed E-state index contributed by atoms with van der Waals surface area (Å²) in [6.07, 6.45) is 1.30. The lowest BCUT2D eigenvalue weighted by molar-refractivity contribution is -0.116. The molecule has 0 spiro atoms. The highest BCUT2D eigenvalue weighted by Gasteiger charge is 2.17. The molecule has 122 valence electrons. The van der Waals surface area contributed by atoms with E-state index in [1.54, 1.807) is 0 Å². The monoisotopic (exact) mass is 343 g/mol. The zero-order valence-corrected chi connectivity index (χ0v) is 13.2. The highest BCUT2D eigenvalue weighted by atomic mass is 32.1. The van der Waals surface area contributed by atoms with Gasteiger partial charge in [0.25, 0.3) is 0 Å². The van der Waals surface area contributed by atoms with Crippen LogP contribution in [-0.2, 0) is 11.2 Å². The Morgan fingerprint density at radius 1 is 1.25 bits per heavy atom. The molecule has 24 heavy (non-hydrogen) atoms. The summed E-state index contributed by atoms with van der Waals surface area (Å²) in [6, 6.07) is 9.65. The number of nitrogens with zero attached hydrogens (tertiary/aromatic N) is 2. The van der Waals surface area contributed by atoms with Crippen molar-refractivity contribution in [3.8, 4) is 11.3 Å². The van der Waals surface area contributed by atoms with E-state index in [1.165, 1.54) is 11.3 Å². The zero-order valence-electron chi connectivity index (χ0n) is 12.4. The van der Waals surface area contributed by atoms with Gasteiger partial charge in [-0.3, -0.25) is 4.79 Å². The number of carbonyl (C=O) groups excluding carboxylic acids is 1. The van der Waals surface area contributed by atoms with Crippen LogP contribution in [0.25, 0.3) is 11.3 Å². The van der Waals surface area contributed by atoms with Crippen LogP contribution in [0.4, 0.5) is 5.13 Å². The van der Waals surface area contributed by atoms with Crippen LogP contribution in [0.1, 0.15) is 22.7 Å². The molecule has 1 amide bonds. The van der Waals surface area contributed by atoms with Gasteiger partial charge in [0.2, 0.25) is 5.91 Å². The summed E-state index contributed by atoms with van der Waals surface area (Å²) in [5.74, 6) is -1.26. The third kappa shape index (κ3) is 3.66. The van der Waals surface area contributed by atoms with E-state index in [1.807, 2.05) is 35.7 Å². The number of aromatic carboxylic acids is 1. The van der Waals surface area contributed by atoms with Gasteiger partial charge in [0, 0.05) is 23.8 Å². The van der Waals surface area contributed by atoms with Gasteiger partial charge in [-0.05, 0) is 0 Å². The lowest BCUT2D eigenvalue weighted by atomic mass is 10.2. The summed E-state index contributed by atoms with van der Waals surface area (Å²) < 4.78 is 5.00. The first-order valence-electron chi connectivity index (χ1n) is 7.10. The second kappa shape index (κ2) is 7.05. The smallest absolute Gasteiger partial charge is 0.358 e. The minimum absolute atomic E-state index is 0.0791. The predicted octanol–water partition coefficient (Wildman–Crippen LogP) is 3.07. The number of carboxylic acids is 1. The molecule has 0 aliphatic carbocycles. The van der Waals surface area contributed by atoms with Crippen LogP contribution in [-0.4, -0.2) is 27.0 Å². The van der Waals surface area contributed by atoms with Crippen molar-refractivity contribution in [1.82, 2.24) is 9.97 Å². The highest BCUT2D eigenvalue weighted by Crippen LogP contribution is 2.24. The van der Waals surface area contributed by atoms with Crippen molar-refractivity contribution < 1.29 is 19.1 Å². The van der Waals surface area contributed by atoms with Gasteiger partial charge in [-0.1, -0.05) is 30.3 Å². The molecule has 0 unspecified atom stereocenters. The second-order valence-corrected chi connectivity index (χ2v) is 5.74. The molecule has 0 saturated heterocycles. The Balaban J connectivity index is 1.58. The Morgan fingerprint density at radius 3 is 2.79 bits per heavy atom. The normalized spacial score (nSPS) is 10.5. The third-order valence-corrected chi connectivity index (χ3v) is 4.00. The number of benzene rings is 1. The summed E-state index contributed by atoms with van der Waals surface area (Å²) in [6.45, 7) is 0. The van der Waals surface area contributed by atoms with Crippen LogP contribution >= 0.6 is 11.3 Å². The van der Waals surface area contributed by atoms with Crippen LogP contribution in [0.3, 0.4) is 0 Å². The molecule has 0 fully saturated rings. The quantitative estimate of drug-likeness (QED) is 0.712. The lowest BCUT2D eigenvalue weighted by Gasteiger charge is -2.01. The largest absolute Gasteiger partial charge is 0.476 e. The average molecular weight is 343 g/mol. The molecule has 2 N–H and O–H groups in total. The van der Waals surface area contributed by atoms with Crippen LogP contribution in [0.15, 0.2) is 46.5 Å². The van der Waals surface area contributed by atoms with Gasteiger partial charge in [0.15, 0.2) is 17.2 Å². The van der Waals surface area contributed by atoms with Gasteiger partial charge in [-0.15, -0.1) is 11.3 Å². The molecular formula is C16H13N3O4S. The summed E-state index contributed by atoms with van der Waals surface area (Å²) in [4.78, 5) is 30.9. The van der Waals surface area contributed by atoms with E-state index in [9.17, 15) is 9.59 Å². The molecular weight excluding hydrogens is 330 g/mol. The van der Waals surface area contributed by atoms with E-state index in [4.69, 9.17) is 9.52 Å². The average Bonchev–Trinajstić information content (AvgIpc) is 3.23. The van der Waals surface area contributed by atoms with Crippen molar-refractivity contribution in [3.05, 3.63) is 53.6 Å². The SMILES string of the molecule is O=C(CCc1ocnc1C(=O)O)Nc1nc(-c2ccccc2)cs1. The molecule has 0 bridgehead atoms. The number of hydrogen-bond donors (Lipinski definition) is 2. The first-order valence-corrected chi connectivity index (χ1v) is 7.98. The number of carboxylic acid groups (broad SMARTS) is 1. The molecule has 7 nitrogen and oxygen atoms in total.